The first-order valence-electron chi connectivity index (χ1n) is 3.71. The summed E-state index contributed by atoms with van der Waals surface area (Å²) in [7, 11) is 0.338. The Bertz CT molecular complexity index is 29.4. The zero-order valence-corrected chi connectivity index (χ0v) is 7.36. The molecule has 0 aromatic rings. The molecule has 0 bridgehead atoms. The van der Waals surface area contributed by atoms with Crippen molar-refractivity contribution in [3.05, 3.63) is 6.92 Å². The first-order chi connectivity index (χ1) is 3.91. The van der Waals surface area contributed by atoms with Crippen LogP contribution in [0.1, 0.15) is 26.2 Å². The van der Waals surface area contributed by atoms with E-state index in [1.54, 1.807) is 6.04 Å². The molecular formula is C7H17Si. The molecule has 1 radical (unpaired) electrons. The number of hydrogen-bond donors (Lipinski definition) is 0. The van der Waals surface area contributed by atoms with E-state index >= 15 is 0 Å². The molecule has 0 amide bonds. The van der Waals surface area contributed by atoms with Crippen molar-refractivity contribution in [1.29, 1.82) is 0 Å². The van der Waals surface area contributed by atoms with Gasteiger partial charge in [-0.25, -0.2) is 0 Å². The van der Waals surface area contributed by atoms with Gasteiger partial charge in [0.05, 0.1) is 0 Å². The second-order valence-corrected chi connectivity index (χ2v) is 4.39. The molecule has 0 rings (SSSR count). The Hall–Kier alpha value is 0.217. The molecule has 0 atom stereocenters. The van der Waals surface area contributed by atoms with Crippen LogP contribution in [0.2, 0.25) is 12.1 Å². The summed E-state index contributed by atoms with van der Waals surface area (Å²) in [4.78, 5) is 0. The molecular weight excluding hydrogens is 112 g/mol. The lowest BCUT2D eigenvalue weighted by Gasteiger charge is -1.92. The minimum atomic E-state index is 0.338. The van der Waals surface area contributed by atoms with Crippen LogP contribution in [0, 0.1) is 6.92 Å². The van der Waals surface area contributed by atoms with Crippen molar-refractivity contribution in [3.8, 4) is 0 Å². The Morgan fingerprint density at radius 2 is 2.12 bits per heavy atom. The lowest BCUT2D eigenvalue weighted by Crippen LogP contribution is -1.85. The fraction of sp³-hybridized carbons (Fsp3) is 0.857. The number of rotatable bonds is 5. The normalized spacial score (nSPS) is 11.2. The Morgan fingerprint density at radius 3 is 2.62 bits per heavy atom. The summed E-state index contributed by atoms with van der Waals surface area (Å²) in [6.45, 7) is 6.08. The van der Waals surface area contributed by atoms with Gasteiger partial charge in [0.25, 0.3) is 0 Å². The topological polar surface area (TPSA) is 0 Å². The molecule has 0 aliphatic heterocycles. The monoisotopic (exact) mass is 129 g/mol. The van der Waals surface area contributed by atoms with Crippen LogP contribution in [-0.4, -0.2) is 9.52 Å². The maximum Gasteiger partial charge on any atom is 0.0197 e. The first-order valence-corrected chi connectivity index (χ1v) is 5.71. The summed E-state index contributed by atoms with van der Waals surface area (Å²) >= 11 is 0. The second-order valence-electron chi connectivity index (χ2n) is 2.27. The predicted molar refractivity (Wildman–Crippen MR) is 43.0 cm³/mol. The van der Waals surface area contributed by atoms with Crippen LogP contribution in [0.15, 0.2) is 0 Å². The van der Waals surface area contributed by atoms with Crippen LogP contribution in [0.5, 0.6) is 0 Å². The molecule has 0 aliphatic rings. The van der Waals surface area contributed by atoms with E-state index in [1.165, 1.54) is 25.3 Å². The van der Waals surface area contributed by atoms with E-state index < -0.39 is 0 Å². The van der Waals surface area contributed by atoms with E-state index in [9.17, 15) is 0 Å². The smallest absolute Gasteiger partial charge is 0.0197 e. The van der Waals surface area contributed by atoms with Crippen molar-refractivity contribution in [1.82, 2.24) is 0 Å². The van der Waals surface area contributed by atoms with E-state index in [1.807, 2.05) is 0 Å². The van der Waals surface area contributed by atoms with Gasteiger partial charge in [-0.1, -0.05) is 45.2 Å². The maximum absolute atomic E-state index is 3.82. The van der Waals surface area contributed by atoms with Crippen LogP contribution >= 0.6 is 0 Å². The maximum atomic E-state index is 3.82. The lowest BCUT2D eigenvalue weighted by molar-refractivity contribution is 0.876. The molecule has 0 nitrogen and oxygen atoms in total. The Labute approximate surface area is 55.5 Å². The fourth-order valence-corrected chi connectivity index (χ4v) is 2.34. The highest BCUT2D eigenvalue weighted by Crippen LogP contribution is 1.96. The molecule has 0 aliphatic carbocycles. The third kappa shape index (κ3) is 6.22. The average Bonchev–Trinajstić information content (AvgIpc) is 1.81. The van der Waals surface area contributed by atoms with Crippen molar-refractivity contribution in [2.75, 3.05) is 0 Å². The quantitative estimate of drug-likeness (QED) is 0.393. The zero-order valence-electron chi connectivity index (χ0n) is 5.95. The van der Waals surface area contributed by atoms with Gasteiger partial charge in [-0.15, -0.1) is 0 Å². The number of unbranched alkanes of at least 4 members (excludes halogenated alkanes) is 1. The highest BCUT2D eigenvalue weighted by Gasteiger charge is 1.84. The van der Waals surface area contributed by atoms with Crippen molar-refractivity contribution < 1.29 is 0 Å². The molecule has 0 spiro atoms. The van der Waals surface area contributed by atoms with Crippen molar-refractivity contribution in [2.24, 2.45) is 0 Å². The van der Waals surface area contributed by atoms with Gasteiger partial charge in [0.1, 0.15) is 0 Å². The molecule has 0 fully saturated rings. The van der Waals surface area contributed by atoms with Crippen LogP contribution in [-0.2, 0) is 0 Å². The highest BCUT2D eigenvalue weighted by molar-refractivity contribution is 6.35. The van der Waals surface area contributed by atoms with Crippen LogP contribution < -0.4 is 0 Å². The first kappa shape index (κ1) is 8.22. The molecule has 1 heteroatoms. The Kier molecular flexibility index (Phi) is 7.41. The molecule has 0 saturated carbocycles. The van der Waals surface area contributed by atoms with Crippen LogP contribution in [0.3, 0.4) is 0 Å². The third-order valence-electron chi connectivity index (χ3n) is 1.35. The molecule has 0 saturated heterocycles. The highest BCUT2D eigenvalue weighted by atomic mass is 28.2. The van der Waals surface area contributed by atoms with E-state index in [2.05, 4.69) is 13.8 Å². The van der Waals surface area contributed by atoms with Crippen molar-refractivity contribution in [3.63, 3.8) is 0 Å². The lowest BCUT2D eigenvalue weighted by atomic mass is 10.4. The fourth-order valence-electron chi connectivity index (χ4n) is 0.780. The minimum Gasteiger partial charge on any atom is -0.0654 e. The summed E-state index contributed by atoms with van der Waals surface area (Å²) in [6.07, 6.45) is 4.02. The minimum absolute atomic E-state index is 0.338. The summed E-state index contributed by atoms with van der Waals surface area (Å²) in [6, 6.07) is 3.01. The molecule has 0 aromatic heterocycles. The molecule has 0 N–H and O–H groups in total. The van der Waals surface area contributed by atoms with Gasteiger partial charge in [0, 0.05) is 9.52 Å². The SMILES string of the molecule is [CH2]CC[SiH2]CCCC. The number of hydrogen-bond acceptors (Lipinski definition) is 0. The molecule has 0 heterocycles. The average molecular weight is 129 g/mol. The largest absolute Gasteiger partial charge is 0.0654 e. The van der Waals surface area contributed by atoms with E-state index in [4.69, 9.17) is 0 Å². The zero-order chi connectivity index (χ0) is 6.24. The van der Waals surface area contributed by atoms with Crippen LogP contribution in [0.25, 0.3) is 0 Å². The summed E-state index contributed by atoms with van der Waals surface area (Å²) in [5.74, 6) is 0. The van der Waals surface area contributed by atoms with Gasteiger partial charge in [-0.2, -0.15) is 0 Å². The third-order valence-corrected chi connectivity index (χ3v) is 3.35. The van der Waals surface area contributed by atoms with Crippen molar-refractivity contribution in [2.45, 2.75) is 38.3 Å². The second kappa shape index (κ2) is 7.22. The molecule has 8 heavy (non-hydrogen) atoms. The molecule has 0 unspecified atom stereocenters. The van der Waals surface area contributed by atoms with E-state index in [0.717, 1.165) is 0 Å². The van der Waals surface area contributed by atoms with Gasteiger partial charge in [0.2, 0.25) is 0 Å². The summed E-state index contributed by atoms with van der Waals surface area (Å²) in [5.41, 5.74) is 0. The predicted octanol–water partition coefficient (Wildman–Crippen LogP) is 2.02. The Balaban J connectivity index is 2.53. The van der Waals surface area contributed by atoms with Gasteiger partial charge in [0.15, 0.2) is 0 Å². The van der Waals surface area contributed by atoms with E-state index in [0.29, 0.717) is 9.52 Å². The Morgan fingerprint density at radius 1 is 1.38 bits per heavy atom. The summed E-state index contributed by atoms with van der Waals surface area (Å²) in [5, 5.41) is 0. The van der Waals surface area contributed by atoms with Gasteiger partial charge < -0.3 is 0 Å². The van der Waals surface area contributed by atoms with Crippen molar-refractivity contribution >= 4 is 9.52 Å². The van der Waals surface area contributed by atoms with Gasteiger partial charge in [-0.3, -0.25) is 0 Å². The molecule has 0 aromatic carbocycles. The van der Waals surface area contributed by atoms with Crippen LogP contribution in [0.4, 0.5) is 0 Å². The molecule has 49 valence electrons. The van der Waals surface area contributed by atoms with Gasteiger partial charge in [-0.05, 0) is 0 Å². The summed E-state index contributed by atoms with van der Waals surface area (Å²) < 4.78 is 0. The van der Waals surface area contributed by atoms with Gasteiger partial charge >= 0.3 is 0 Å². The standard InChI is InChI=1S/C7H17Si/c1-3-5-7-8-6-4-2/h2-8H2,1H3. The van der Waals surface area contributed by atoms with E-state index in [-0.39, 0.29) is 0 Å².